The Morgan fingerprint density at radius 2 is 1.36 bits per heavy atom. The highest BCUT2D eigenvalue weighted by molar-refractivity contribution is 5.93. The number of carbonyl (C=O) groups excluding carboxylic acids is 1. The predicted molar refractivity (Wildman–Crippen MR) is 92.9 cm³/mol. The van der Waals surface area contributed by atoms with Gasteiger partial charge in [-0.25, -0.2) is 0 Å². The highest BCUT2D eigenvalue weighted by Crippen LogP contribution is 2.63. The van der Waals surface area contributed by atoms with E-state index in [-0.39, 0.29) is 24.3 Å². The molecule has 150 valence electrons. The summed E-state index contributed by atoms with van der Waals surface area (Å²) in [6, 6.07) is 11.5. The van der Waals surface area contributed by atoms with Crippen molar-refractivity contribution >= 4 is 5.91 Å². The number of hydrogen-bond donors (Lipinski definition) is 0. The summed E-state index contributed by atoms with van der Waals surface area (Å²) in [5.41, 5.74) is -1.79. The van der Waals surface area contributed by atoms with E-state index in [0.717, 1.165) is 0 Å². The highest BCUT2D eigenvalue weighted by Gasteiger charge is 2.75. The number of nitrogens with zero attached hydrogens (tertiary/aromatic N) is 1. The van der Waals surface area contributed by atoms with Crippen molar-refractivity contribution in [3.05, 3.63) is 59.7 Å². The van der Waals surface area contributed by atoms with Gasteiger partial charge in [-0.3, -0.25) is 4.79 Å². The Morgan fingerprint density at radius 3 is 1.75 bits per heavy atom. The molecule has 0 saturated heterocycles. The maximum absolute atomic E-state index is 13.9. The number of rotatable bonds is 5. The lowest BCUT2D eigenvalue weighted by molar-refractivity contribution is -0.296. The molecular weight excluding hydrogens is 381 g/mol. The largest absolute Gasteiger partial charge is 0.457 e. The molecule has 28 heavy (non-hydrogen) atoms. The molecule has 1 fully saturated rings. The van der Waals surface area contributed by atoms with E-state index in [1.54, 1.807) is 38.4 Å². The van der Waals surface area contributed by atoms with Gasteiger partial charge >= 0.3 is 12.1 Å². The van der Waals surface area contributed by atoms with Gasteiger partial charge in [-0.15, -0.1) is 0 Å². The topological polar surface area (TPSA) is 29.5 Å². The van der Waals surface area contributed by atoms with Crippen molar-refractivity contribution in [3.8, 4) is 11.5 Å². The molecule has 1 aliphatic carbocycles. The maximum Gasteiger partial charge on any atom is 0.454 e. The van der Waals surface area contributed by atoms with Crippen molar-refractivity contribution in [3.63, 3.8) is 0 Å². The second kappa shape index (κ2) is 6.76. The maximum atomic E-state index is 13.9. The molecule has 0 bridgehead atoms. The molecule has 2 aromatic rings. The third-order valence-electron chi connectivity index (χ3n) is 4.86. The number of ether oxygens (including phenoxy) is 1. The fourth-order valence-electron chi connectivity index (χ4n) is 3.08. The van der Waals surface area contributed by atoms with E-state index in [1.165, 1.54) is 29.2 Å². The lowest BCUT2D eigenvalue weighted by Gasteiger charge is -2.29. The molecular formula is C20H18F5NO2. The van der Waals surface area contributed by atoms with Crippen LogP contribution in [0.4, 0.5) is 22.0 Å². The van der Waals surface area contributed by atoms with Crippen molar-refractivity contribution in [2.75, 3.05) is 14.1 Å². The van der Waals surface area contributed by atoms with Crippen LogP contribution < -0.4 is 4.74 Å². The van der Waals surface area contributed by atoms with Gasteiger partial charge in [0.2, 0.25) is 0 Å². The first-order valence-electron chi connectivity index (χ1n) is 8.53. The van der Waals surface area contributed by atoms with Crippen LogP contribution in [0.5, 0.6) is 11.5 Å². The average molecular weight is 399 g/mol. The zero-order valence-corrected chi connectivity index (χ0v) is 15.2. The standard InChI is InChI=1S/C20H18F5NO2/c1-26(2)17(27)13-3-7-15(8-4-13)28-16-9-5-14(6-10-16)18(11-12-18)19(21,22)20(23,24)25/h3-10H,11-12H2,1-2H3. The molecule has 1 saturated carbocycles. The van der Waals surface area contributed by atoms with Crippen LogP contribution in [0.3, 0.4) is 0 Å². The summed E-state index contributed by atoms with van der Waals surface area (Å²) >= 11 is 0. The van der Waals surface area contributed by atoms with Gasteiger partial charge in [0.15, 0.2) is 0 Å². The fourth-order valence-corrected chi connectivity index (χ4v) is 3.08. The summed E-state index contributed by atoms with van der Waals surface area (Å²) in [7, 11) is 3.26. The lowest BCUT2D eigenvalue weighted by Crippen LogP contribution is -2.47. The van der Waals surface area contributed by atoms with Crippen LogP contribution in [-0.2, 0) is 5.41 Å². The molecule has 2 aromatic carbocycles. The van der Waals surface area contributed by atoms with E-state index in [4.69, 9.17) is 4.74 Å². The summed E-state index contributed by atoms with van der Waals surface area (Å²) in [6.45, 7) is 0. The Hall–Kier alpha value is -2.64. The number of amides is 1. The van der Waals surface area contributed by atoms with Gasteiger partial charge < -0.3 is 9.64 Å². The molecule has 0 aromatic heterocycles. The minimum absolute atomic E-state index is 0.0610. The van der Waals surface area contributed by atoms with Crippen molar-refractivity contribution in [1.29, 1.82) is 0 Å². The quantitative estimate of drug-likeness (QED) is 0.630. The van der Waals surface area contributed by atoms with Crippen LogP contribution in [0.25, 0.3) is 0 Å². The van der Waals surface area contributed by atoms with E-state index in [9.17, 15) is 26.7 Å². The first-order chi connectivity index (χ1) is 13.0. The molecule has 0 atom stereocenters. The van der Waals surface area contributed by atoms with Gasteiger partial charge in [0.05, 0.1) is 5.41 Å². The summed E-state index contributed by atoms with van der Waals surface area (Å²) in [4.78, 5) is 13.3. The lowest BCUT2D eigenvalue weighted by atomic mass is 9.88. The molecule has 0 heterocycles. The molecule has 0 N–H and O–H groups in total. The van der Waals surface area contributed by atoms with Crippen molar-refractivity contribution < 1.29 is 31.5 Å². The SMILES string of the molecule is CN(C)C(=O)c1ccc(Oc2ccc(C3(C(F)(F)C(F)(F)F)CC3)cc2)cc1. The van der Waals surface area contributed by atoms with Gasteiger partial charge in [0.1, 0.15) is 11.5 Å². The van der Waals surface area contributed by atoms with E-state index < -0.39 is 17.5 Å². The molecule has 3 nitrogen and oxygen atoms in total. The Labute approximate surface area is 158 Å². The summed E-state index contributed by atoms with van der Waals surface area (Å²) in [5, 5.41) is 0. The second-order valence-electron chi connectivity index (χ2n) is 7.00. The van der Waals surface area contributed by atoms with Crippen LogP contribution in [0.1, 0.15) is 28.8 Å². The van der Waals surface area contributed by atoms with Crippen LogP contribution >= 0.6 is 0 Å². The smallest absolute Gasteiger partial charge is 0.454 e. The normalized spacial score (nSPS) is 15.8. The van der Waals surface area contributed by atoms with E-state index >= 15 is 0 Å². The summed E-state index contributed by atoms with van der Waals surface area (Å²) < 4.78 is 71.6. The first kappa shape index (κ1) is 20.1. The average Bonchev–Trinajstić information content (AvgIpc) is 3.44. The van der Waals surface area contributed by atoms with Crippen molar-refractivity contribution in [1.82, 2.24) is 4.90 Å². The van der Waals surface area contributed by atoms with Gasteiger partial charge in [0.25, 0.3) is 5.91 Å². The zero-order chi connectivity index (χ0) is 20.7. The van der Waals surface area contributed by atoms with E-state index in [1.807, 2.05) is 0 Å². The van der Waals surface area contributed by atoms with Crippen LogP contribution in [0.2, 0.25) is 0 Å². The molecule has 0 unspecified atom stereocenters. The highest BCUT2D eigenvalue weighted by atomic mass is 19.4. The van der Waals surface area contributed by atoms with Gasteiger partial charge in [-0.05, 0) is 54.8 Å². The Kier molecular flexibility index (Phi) is 4.85. The third-order valence-corrected chi connectivity index (χ3v) is 4.86. The molecule has 1 aliphatic rings. The van der Waals surface area contributed by atoms with Gasteiger partial charge in [0, 0.05) is 19.7 Å². The van der Waals surface area contributed by atoms with Crippen LogP contribution in [0.15, 0.2) is 48.5 Å². The molecule has 3 rings (SSSR count). The Balaban J connectivity index is 1.75. The number of benzene rings is 2. The third kappa shape index (κ3) is 3.43. The minimum Gasteiger partial charge on any atom is -0.457 e. The predicted octanol–water partition coefficient (Wildman–Crippen LogP) is 5.41. The van der Waals surface area contributed by atoms with E-state index in [0.29, 0.717) is 17.1 Å². The minimum atomic E-state index is -5.59. The summed E-state index contributed by atoms with van der Waals surface area (Å²) in [6.07, 6.45) is -6.04. The molecule has 0 aliphatic heterocycles. The Morgan fingerprint density at radius 1 is 0.893 bits per heavy atom. The molecule has 8 heteroatoms. The first-order valence-corrected chi connectivity index (χ1v) is 8.53. The number of hydrogen-bond acceptors (Lipinski definition) is 2. The Bertz CT molecular complexity index is 854. The monoisotopic (exact) mass is 399 g/mol. The summed E-state index contributed by atoms with van der Waals surface area (Å²) in [5.74, 6) is -4.25. The molecule has 1 amide bonds. The van der Waals surface area contributed by atoms with Gasteiger partial charge in [-0.2, -0.15) is 22.0 Å². The van der Waals surface area contributed by atoms with E-state index in [2.05, 4.69) is 0 Å². The number of halogens is 5. The second-order valence-corrected chi connectivity index (χ2v) is 7.00. The number of carbonyl (C=O) groups is 1. The fraction of sp³-hybridized carbons (Fsp3) is 0.350. The molecule has 0 spiro atoms. The zero-order valence-electron chi connectivity index (χ0n) is 15.2. The van der Waals surface area contributed by atoms with Gasteiger partial charge in [-0.1, -0.05) is 12.1 Å². The van der Waals surface area contributed by atoms with Crippen molar-refractivity contribution in [2.45, 2.75) is 30.4 Å². The van der Waals surface area contributed by atoms with Crippen molar-refractivity contribution in [2.24, 2.45) is 0 Å². The van der Waals surface area contributed by atoms with Crippen LogP contribution in [-0.4, -0.2) is 37.0 Å². The number of alkyl halides is 5. The van der Waals surface area contributed by atoms with Crippen LogP contribution in [0, 0.1) is 0 Å². The molecule has 0 radical (unpaired) electrons.